The Balaban J connectivity index is 1.46. The Labute approximate surface area is 135 Å². The van der Waals surface area contributed by atoms with Crippen LogP contribution in [0.25, 0.3) is 0 Å². The Morgan fingerprint density at radius 2 is 2.38 bits per heavy atom. The zero-order chi connectivity index (χ0) is 14.9. The van der Waals surface area contributed by atoms with Crippen molar-refractivity contribution in [1.29, 1.82) is 0 Å². The molecule has 6 heteroatoms. The first-order valence-corrected chi connectivity index (χ1v) is 9.61. The van der Waals surface area contributed by atoms with Crippen molar-refractivity contribution in [3.05, 3.63) is 11.1 Å². The largest absolute Gasteiger partial charge is 0.360 e. The second kappa shape index (κ2) is 6.24. The summed E-state index contributed by atoms with van der Waals surface area (Å²) in [5.41, 5.74) is 1.43. The average Bonchev–Trinajstić information content (AvgIpc) is 3.08. The van der Waals surface area contributed by atoms with Crippen LogP contribution in [0.15, 0.2) is 21.1 Å². The van der Waals surface area contributed by atoms with Gasteiger partial charge < -0.3 is 10.2 Å². The summed E-state index contributed by atoms with van der Waals surface area (Å²) in [4.78, 5) is 11.8. The topological polar surface area (TPSA) is 40.0 Å². The zero-order valence-electron chi connectivity index (χ0n) is 13.1. The van der Waals surface area contributed by atoms with Crippen LogP contribution in [-0.2, 0) is 0 Å². The fraction of sp³-hybridized carbons (Fsp3) is 0.733. The first-order chi connectivity index (χ1) is 10.1. The van der Waals surface area contributed by atoms with Gasteiger partial charge in [0, 0.05) is 24.0 Å². The number of unbranched alkanes of at least 4 members (excludes halogenated alkanes) is 1. The molecule has 1 atom stereocenters. The van der Waals surface area contributed by atoms with Crippen molar-refractivity contribution in [2.75, 3.05) is 18.8 Å². The molecule has 21 heavy (non-hydrogen) atoms. The van der Waals surface area contributed by atoms with Crippen LogP contribution >= 0.6 is 23.5 Å². The Morgan fingerprint density at radius 3 is 3.19 bits per heavy atom. The van der Waals surface area contributed by atoms with Crippen LogP contribution < -0.4 is 5.32 Å². The molecule has 0 aliphatic carbocycles. The van der Waals surface area contributed by atoms with Gasteiger partial charge in [-0.3, -0.25) is 9.98 Å². The van der Waals surface area contributed by atoms with E-state index in [1.807, 2.05) is 11.8 Å². The number of aliphatic imine (C=N–C) groups is 2. The SMILES string of the molecule is CCCCC1CN=C(SCC2=CSC3=NC(C)(C)CN23)N1. The molecule has 0 amide bonds. The number of hydrogen-bond acceptors (Lipinski definition) is 6. The molecule has 116 valence electrons. The lowest BCUT2D eigenvalue weighted by Crippen LogP contribution is -2.31. The third-order valence-electron chi connectivity index (χ3n) is 3.87. The third-order valence-corrected chi connectivity index (χ3v) is 5.74. The highest BCUT2D eigenvalue weighted by atomic mass is 32.2. The molecule has 0 radical (unpaired) electrons. The van der Waals surface area contributed by atoms with Gasteiger partial charge in [-0.05, 0) is 25.7 Å². The number of thioether (sulfide) groups is 2. The van der Waals surface area contributed by atoms with Crippen LogP contribution in [0.2, 0.25) is 0 Å². The van der Waals surface area contributed by atoms with E-state index < -0.39 is 0 Å². The molecular weight excluding hydrogens is 300 g/mol. The van der Waals surface area contributed by atoms with Crippen LogP contribution in [-0.4, -0.2) is 45.7 Å². The molecular formula is C15H24N4S2. The van der Waals surface area contributed by atoms with Crippen LogP contribution in [0.4, 0.5) is 0 Å². The molecule has 0 saturated heterocycles. The lowest BCUT2D eigenvalue weighted by molar-refractivity contribution is 0.436. The minimum absolute atomic E-state index is 0.0564. The highest BCUT2D eigenvalue weighted by molar-refractivity contribution is 8.17. The molecule has 3 aliphatic heterocycles. The second-order valence-electron chi connectivity index (χ2n) is 6.44. The van der Waals surface area contributed by atoms with E-state index in [9.17, 15) is 0 Å². The molecule has 0 aromatic rings. The van der Waals surface area contributed by atoms with E-state index in [0.717, 1.165) is 29.2 Å². The van der Waals surface area contributed by atoms with E-state index in [1.54, 1.807) is 11.8 Å². The smallest absolute Gasteiger partial charge is 0.168 e. The van der Waals surface area contributed by atoms with Crippen molar-refractivity contribution < 1.29 is 0 Å². The van der Waals surface area contributed by atoms with Gasteiger partial charge in [-0.1, -0.05) is 43.3 Å². The van der Waals surface area contributed by atoms with E-state index in [1.165, 1.54) is 25.0 Å². The summed E-state index contributed by atoms with van der Waals surface area (Å²) in [6.45, 7) is 8.59. The number of nitrogens with one attached hydrogen (secondary N) is 1. The maximum Gasteiger partial charge on any atom is 0.168 e. The van der Waals surface area contributed by atoms with Crippen molar-refractivity contribution in [1.82, 2.24) is 10.2 Å². The lowest BCUT2D eigenvalue weighted by atomic mass is 10.1. The fourth-order valence-electron chi connectivity index (χ4n) is 2.72. The highest BCUT2D eigenvalue weighted by Crippen LogP contribution is 2.36. The van der Waals surface area contributed by atoms with E-state index in [2.05, 4.69) is 41.4 Å². The van der Waals surface area contributed by atoms with E-state index in [0.29, 0.717) is 6.04 Å². The first kappa shape index (κ1) is 15.3. The number of amidine groups is 2. The molecule has 0 spiro atoms. The minimum Gasteiger partial charge on any atom is -0.360 e. The lowest BCUT2D eigenvalue weighted by Gasteiger charge is -2.20. The molecule has 3 rings (SSSR count). The Hall–Kier alpha value is -0.620. The summed E-state index contributed by atoms with van der Waals surface area (Å²) in [7, 11) is 0. The van der Waals surface area contributed by atoms with Gasteiger partial charge in [0.15, 0.2) is 10.3 Å². The molecule has 1 unspecified atom stereocenters. The first-order valence-electron chi connectivity index (χ1n) is 7.74. The van der Waals surface area contributed by atoms with Crippen molar-refractivity contribution >= 4 is 33.9 Å². The summed E-state index contributed by atoms with van der Waals surface area (Å²) in [6, 6.07) is 0.558. The van der Waals surface area contributed by atoms with Crippen molar-refractivity contribution in [3.8, 4) is 0 Å². The number of rotatable bonds is 5. The fourth-order valence-corrected chi connectivity index (χ4v) is 4.83. The molecule has 0 aromatic heterocycles. The average molecular weight is 325 g/mol. The van der Waals surface area contributed by atoms with E-state index in [4.69, 9.17) is 4.99 Å². The summed E-state index contributed by atoms with van der Waals surface area (Å²) in [5.74, 6) is 0.981. The van der Waals surface area contributed by atoms with Crippen LogP contribution in [0.5, 0.6) is 0 Å². The molecule has 4 nitrogen and oxygen atoms in total. The standard InChI is InChI=1S/C15H24N4S2/c1-4-5-6-11-7-16-13(17-11)20-8-12-9-21-14-18-15(2,3)10-19(12)14/h9,11H,4-8,10H2,1-3H3,(H,16,17). The van der Waals surface area contributed by atoms with Crippen molar-refractivity contribution in [2.45, 2.75) is 51.6 Å². The maximum absolute atomic E-state index is 4.76. The van der Waals surface area contributed by atoms with Crippen molar-refractivity contribution in [2.24, 2.45) is 9.98 Å². The molecule has 0 bridgehead atoms. The van der Waals surface area contributed by atoms with Gasteiger partial charge in [0.25, 0.3) is 0 Å². The van der Waals surface area contributed by atoms with Gasteiger partial charge in [-0.2, -0.15) is 0 Å². The van der Waals surface area contributed by atoms with Gasteiger partial charge in [-0.25, -0.2) is 0 Å². The molecule has 3 aliphatic rings. The summed E-state index contributed by atoms with van der Waals surface area (Å²) < 4.78 is 0. The quantitative estimate of drug-likeness (QED) is 0.842. The Kier molecular flexibility index (Phi) is 4.54. The summed E-state index contributed by atoms with van der Waals surface area (Å²) in [6.07, 6.45) is 3.78. The van der Waals surface area contributed by atoms with Gasteiger partial charge in [0.1, 0.15) is 0 Å². The monoisotopic (exact) mass is 324 g/mol. The number of nitrogens with zero attached hydrogens (tertiary/aromatic N) is 3. The van der Waals surface area contributed by atoms with Gasteiger partial charge in [-0.15, -0.1) is 0 Å². The van der Waals surface area contributed by atoms with E-state index >= 15 is 0 Å². The molecule has 1 N–H and O–H groups in total. The van der Waals surface area contributed by atoms with Gasteiger partial charge in [0.05, 0.1) is 12.1 Å². The predicted octanol–water partition coefficient (Wildman–Crippen LogP) is 3.28. The van der Waals surface area contributed by atoms with Gasteiger partial charge in [0.2, 0.25) is 0 Å². The third kappa shape index (κ3) is 3.59. The molecule has 3 heterocycles. The van der Waals surface area contributed by atoms with Crippen molar-refractivity contribution in [3.63, 3.8) is 0 Å². The zero-order valence-corrected chi connectivity index (χ0v) is 14.7. The predicted molar refractivity (Wildman–Crippen MR) is 95.1 cm³/mol. The van der Waals surface area contributed by atoms with Crippen LogP contribution in [0, 0.1) is 0 Å². The second-order valence-corrected chi connectivity index (χ2v) is 8.24. The van der Waals surface area contributed by atoms with E-state index in [-0.39, 0.29) is 5.54 Å². The Bertz CT molecular complexity index is 496. The minimum atomic E-state index is 0.0564. The maximum atomic E-state index is 4.76. The molecule has 0 saturated carbocycles. The Morgan fingerprint density at radius 1 is 1.52 bits per heavy atom. The number of fused-ring (bicyclic) bond motifs is 1. The molecule has 0 aromatic carbocycles. The normalized spacial score (nSPS) is 26.3. The highest BCUT2D eigenvalue weighted by Gasteiger charge is 2.36. The van der Waals surface area contributed by atoms with Crippen LogP contribution in [0.1, 0.15) is 40.0 Å². The van der Waals surface area contributed by atoms with Crippen LogP contribution in [0.3, 0.4) is 0 Å². The van der Waals surface area contributed by atoms with Gasteiger partial charge >= 0.3 is 0 Å². The number of hydrogen-bond donors (Lipinski definition) is 1. The summed E-state index contributed by atoms with van der Waals surface area (Å²) in [5, 5.41) is 8.08. The summed E-state index contributed by atoms with van der Waals surface area (Å²) >= 11 is 3.59. The molecule has 0 fully saturated rings.